The molecule has 0 saturated carbocycles. The van der Waals surface area contributed by atoms with E-state index < -0.39 is 0 Å². The van der Waals surface area contributed by atoms with Gasteiger partial charge in [0.05, 0.1) is 12.2 Å². The largest absolute Gasteiger partial charge is 0.283 e. The van der Waals surface area contributed by atoms with Gasteiger partial charge in [-0.3, -0.25) is 9.58 Å². The molecule has 1 aliphatic carbocycles. The lowest BCUT2D eigenvalue weighted by Crippen LogP contribution is -2.34. The van der Waals surface area contributed by atoms with Gasteiger partial charge in [0.2, 0.25) is 0 Å². The number of imidazole rings is 2. The topological polar surface area (TPSA) is 77.0 Å². The Labute approximate surface area is 248 Å². The fourth-order valence-electron chi connectivity index (χ4n) is 6.60. The zero-order valence-corrected chi connectivity index (χ0v) is 23.4. The Morgan fingerprint density at radius 3 is 2.51 bits per heavy atom. The van der Waals surface area contributed by atoms with Crippen molar-refractivity contribution >= 4 is 67.0 Å². The van der Waals surface area contributed by atoms with Crippen molar-refractivity contribution in [3.8, 4) is 28.1 Å². The molecule has 0 N–H and O–H groups in total. The normalized spacial score (nSPS) is 13.3. The molecule has 0 amide bonds. The number of rotatable bonds is 3. The van der Waals surface area contributed by atoms with E-state index in [1.165, 1.54) is 38.1 Å². The molecule has 0 radical (unpaired) electrons. The highest BCUT2D eigenvalue weighted by Crippen LogP contribution is 2.40. The Bertz CT molecular complexity index is 2500. The highest BCUT2D eigenvalue weighted by atomic mass is 32.1. The molecule has 8 nitrogen and oxygen atoms in total. The third kappa shape index (κ3) is 3.16. The fourth-order valence-corrected chi connectivity index (χ4v) is 7.30. The first-order chi connectivity index (χ1) is 21.3. The highest BCUT2D eigenvalue weighted by molar-refractivity contribution is 7.08. The van der Waals surface area contributed by atoms with Gasteiger partial charge in [0.25, 0.3) is 0 Å². The molecule has 10 rings (SSSR count). The zero-order chi connectivity index (χ0) is 28.1. The van der Waals surface area contributed by atoms with Crippen LogP contribution in [0.5, 0.6) is 0 Å². The Kier molecular flexibility index (Phi) is 4.50. The standard InChI is InChI=1S/C34H20N8S/c1-2-21-4-5-23-7-10-25(24-9-6-22(3-1)29(21)30(23)24)31-32-34(36-16-35-31)42(19-38-32)40-14-27-33(39-17-40)41(18-37-27)28-11-8-20-12-13-43-15-26(20)28/h1-13,15-19H,14H2. The van der Waals surface area contributed by atoms with Gasteiger partial charge in [0.15, 0.2) is 11.5 Å². The minimum Gasteiger partial charge on any atom is -0.283 e. The summed E-state index contributed by atoms with van der Waals surface area (Å²) < 4.78 is 4.00. The van der Waals surface area contributed by atoms with E-state index in [4.69, 9.17) is 19.9 Å². The molecular weight excluding hydrogens is 552 g/mol. The summed E-state index contributed by atoms with van der Waals surface area (Å²) in [6, 6.07) is 26.0. The molecule has 4 aromatic carbocycles. The Morgan fingerprint density at radius 2 is 1.58 bits per heavy atom. The molecule has 5 heterocycles. The van der Waals surface area contributed by atoms with E-state index in [1.54, 1.807) is 24.0 Å². The van der Waals surface area contributed by atoms with Gasteiger partial charge in [-0.05, 0) is 55.4 Å². The van der Waals surface area contributed by atoms with E-state index in [0.717, 1.165) is 39.4 Å². The molecule has 9 heteroatoms. The number of nitrogens with zero attached hydrogens (tertiary/aromatic N) is 8. The van der Waals surface area contributed by atoms with Crippen LogP contribution >= 0.6 is 11.3 Å². The summed E-state index contributed by atoms with van der Waals surface area (Å²) in [6.07, 6.45) is 7.10. The maximum absolute atomic E-state index is 4.84. The van der Waals surface area contributed by atoms with Crippen molar-refractivity contribution in [3.63, 3.8) is 0 Å². The number of hydrogen-bond donors (Lipinski definition) is 0. The van der Waals surface area contributed by atoms with Gasteiger partial charge in [-0.1, -0.05) is 60.7 Å². The van der Waals surface area contributed by atoms with Crippen LogP contribution in [0.15, 0.2) is 108 Å². The number of aromatic nitrogens is 6. The first-order valence-electron chi connectivity index (χ1n) is 14.0. The summed E-state index contributed by atoms with van der Waals surface area (Å²) in [6.45, 7) is 0.538. The molecule has 7 aromatic rings. The SMILES string of the molecule is C1=Nc2c(ncn2-c2ccc3ccscc2-3)CN1n1cnc2c(-c3ccc4ccc5cccc6ccc3c4c56)ncnc21. The van der Waals surface area contributed by atoms with Crippen LogP contribution in [0.3, 0.4) is 0 Å². The van der Waals surface area contributed by atoms with Crippen LogP contribution < -0.4 is 5.01 Å². The van der Waals surface area contributed by atoms with Crippen molar-refractivity contribution < 1.29 is 0 Å². The molecule has 3 aromatic heterocycles. The molecule has 0 saturated heterocycles. The van der Waals surface area contributed by atoms with Gasteiger partial charge in [0.1, 0.15) is 42.2 Å². The molecule has 0 spiro atoms. The molecule has 202 valence electrons. The van der Waals surface area contributed by atoms with E-state index >= 15 is 0 Å². The molecule has 0 bridgehead atoms. The van der Waals surface area contributed by atoms with Gasteiger partial charge >= 0.3 is 0 Å². The van der Waals surface area contributed by atoms with Crippen molar-refractivity contribution in [3.05, 3.63) is 108 Å². The zero-order valence-electron chi connectivity index (χ0n) is 22.6. The van der Waals surface area contributed by atoms with Crippen LogP contribution in [-0.2, 0) is 6.54 Å². The second kappa shape index (κ2) is 8.43. The van der Waals surface area contributed by atoms with Crippen molar-refractivity contribution in [1.82, 2.24) is 29.2 Å². The van der Waals surface area contributed by atoms with E-state index in [-0.39, 0.29) is 0 Å². The van der Waals surface area contributed by atoms with Gasteiger partial charge in [-0.2, -0.15) is 11.3 Å². The maximum atomic E-state index is 4.84. The molecule has 0 atom stereocenters. The number of fused-ring (bicyclic) bond motifs is 3. The van der Waals surface area contributed by atoms with Crippen LogP contribution in [0.4, 0.5) is 5.82 Å². The number of benzene rings is 4. The van der Waals surface area contributed by atoms with Gasteiger partial charge in [-0.15, -0.1) is 0 Å². The minimum atomic E-state index is 0.538. The molecule has 0 fully saturated rings. The lowest BCUT2D eigenvalue weighted by atomic mass is 9.91. The van der Waals surface area contributed by atoms with Crippen molar-refractivity contribution in [2.75, 3.05) is 5.01 Å². The number of aliphatic imine (C=N–C) groups is 1. The molecule has 0 unspecified atom stereocenters. The van der Waals surface area contributed by atoms with Crippen LogP contribution in [0.1, 0.15) is 5.69 Å². The predicted octanol–water partition coefficient (Wildman–Crippen LogP) is 7.55. The Morgan fingerprint density at radius 1 is 0.721 bits per heavy atom. The van der Waals surface area contributed by atoms with Crippen molar-refractivity contribution in [2.24, 2.45) is 4.99 Å². The Balaban J connectivity index is 1.07. The first-order valence-corrected chi connectivity index (χ1v) is 14.9. The molecule has 43 heavy (non-hydrogen) atoms. The van der Waals surface area contributed by atoms with E-state index in [2.05, 4.69) is 93.1 Å². The smallest absolute Gasteiger partial charge is 0.183 e. The van der Waals surface area contributed by atoms with Crippen LogP contribution in [0.2, 0.25) is 0 Å². The monoisotopic (exact) mass is 572 g/mol. The predicted molar refractivity (Wildman–Crippen MR) is 173 cm³/mol. The molecule has 3 aliphatic rings. The Hall–Kier alpha value is -5.67. The van der Waals surface area contributed by atoms with Crippen LogP contribution in [0, 0.1) is 0 Å². The van der Waals surface area contributed by atoms with Gasteiger partial charge in [-0.25, -0.2) is 29.6 Å². The third-order valence-corrected chi connectivity index (χ3v) is 9.26. The summed E-state index contributed by atoms with van der Waals surface area (Å²) >= 11 is 1.68. The van der Waals surface area contributed by atoms with Crippen molar-refractivity contribution in [2.45, 2.75) is 6.54 Å². The summed E-state index contributed by atoms with van der Waals surface area (Å²) in [7, 11) is 0. The van der Waals surface area contributed by atoms with E-state index in [0.29, 0.717) is 12.2 Å². The van der Waals surface area contributed by atoms with Crippen LogP contribution in [0.25, 0.3) is 71.6 Å². The lowest BCUT2D eigenvalue weighted by molar-refractivity contribution is 0.715. The summed E-state index contributed by atoms with van der Waals surface area (Å²) in [5.41, 5.74) is 7.69. The van der Waals surface area contributed by atoms with E-state index in [9.17, 15) is 0 Å². The molecular formula is C34H20N8S. The average Bonchev–Trinajstić information content (AvgIpc) is 3.80. The maximum Gasteiger partial charge on any atom is 0.183 e. The fraction of sp³-hybridized carbons (Fsp3) is 0.0294. The quantitative estimate of drug-likeness (QED) is 0.204. The minimum absolute atomic E-state index is 0.538. The first kappa shape index (κ1) is 23.0. The second-order valence-corrected chi connectivity index (χ2v) is 11.6. The third-order valence-electron chi connectivity index (χ3n) is 8.60. The number of hydrogen-bond acceptors (Lipinski definition) is 7. The summed E-state index contributed by atoms with van der Waals surface area (Å²) in [4.78, 5) is 23.8. The average molecular weight is 573 g/mol. The summed E-state index contributed by atoms with van der Waals surface area (Å²) in [5.74, 6) is 0.839. The van der Waals surface area contributed by atoms with Gasteiger partial charge < -0.3 is 0 Å². The second-order valence-electron chi connectivity index (χ2n) is 10.8. The summed E-state index contributed by atoms with van der Waals surface area (Å²) in [5, 5.41) is 13.6. The van der Waals surface area contributed by atoms with Crippen molar-refractivity contribution in [1.29, 1.82) is 0 Å². The van der Waals surface area contributed by atoms with Crippen LogP contribution in [-0.4, -0.2) is 35.5 Å². The lowest BCUT2D eigenvalue weighted by Gasteiger charge is -2.23. The molecule has 2 aliphatic heterocycles. The highest BCUT2D eigenvalue weighted by Gasteiger charge is 2.24. The van der Waals surface area contributed by atoms with Gasteiger partial charge in [0, 0.05) is 16.5 Å². The van der Waals surface area contributed by atoms with E-state index in [1.807, 2.05) is 22.4 Å².